The van der Waals surface area contributed by atoms with E-state index in [1.807, 2.05) is 13.8 Å². The minimum Gasteiger partial charge on any atom is -0.313 e. The van der Waals surface area contributed by atoms with Crippen molar-refractivity contribution in [1.82, 2.24) is 9.62 Å². The fraction of sp³-hybridized carbons (Fsp3) is 0.600. The standard InChI is InChI=1S/C15H23FN2O2S/c1-11(2)18(10-13-5-4-8-17-13)21(19,20)15-9-12(3)6-7-14(15)16/h6-7,9,11,13,17H,4-5,8,10H2,1-3H3. The number of rotatable bonds is 5. The van der Waals surface area contributed by atoms with Gasteiger partial charge in [-0.25, -0.2) is 12.8 Å². The quantitative estimate of drug-likeness (QED) is 0.907. The molecule has 2 rings (SSSR count). The Morgan fingerprint density at radius 2 is 2.14 bits per heavy atom. The van der Waals surface area contributed by atoms with Crippen molar-refractivity contribution in [2.45, 2.75) is 50.6 Å². The minimum absolute atomic E-state index is 0.148. The molecule has 1 aliphatic rings. The number of sulfonamides is 1. The molecule has 0 saturated carbocycles. The molecule has 0 amide bonds. The van der Waals surface area contributed by atoms with E-state index < -0.39 is 15.8 Å². The highest BCUT2D eigenvalue weighted by atomic mass is 32.2. The van der Waals surface area contributed by atoms with E-state index in [1.165, 1.54) is 16.4 Å². The van der Waals surface area contributed by atoms with Gasteiger partial charge in [0.25, 0.3) is 0 Å². The van der Waals surface area contributed by atoms with Crippen LogP contribution < -0.4 is 5.32 Å². The molecule has 4 nitrogen and oxygen atoms in total. The van der Waals surface area contributed by atoms with Crippen molar-refractivity contribution in [1.29, 1.82) is 0 Å². The van der Waals surface area contributed by atoms with Gasteiger partial charge in [-0.05, 0) is 57.9 Å². The smallest absolute Gasteiger partial charge is 0.246 e. The Morgan fingerprint density at radius 1 is 1.43 bits per heavy atom. The van der Waals surface area contributed by atoms with Crippen LogP contribution >= 0.6 is 0 Å². The Morgan fingerprint density at radius 3 is 2.71 bits per heavy atom. The molecule has 1 fully saturated rings. The van der Waals surface area contributed by atoms with Crippen LogP contribution in [0.2, 0.25) is 0 Å². The molecule has 0 bridgehead atoms. The molecule has 0 radical (unpaired) electrons. The Labute approximate surface area is 126 Å². The predicted molar refractivity (Wildman–Crippen MR) is 81.2 cm³/mol. The highest BCUT2D eigenvalue weighted by Gasteiger charge is 2.32. The average molecular weight is 314 g/mol. The molecule has 1 aromatic rings. The molecule has 1 atom stereocenters. The summed E-state index contributed by atoms with van der Waals surface area (Å²) in [5, 5.41) is 3.29. The van der Waals surface area contributed by atoms with Crippen LogP contribution in [0.15, 0.2) is 23.1 Å². The predicted octanol–water partition coefficient (Wildman–Crippen LogP) is 2.29. The molecular weight excluding hydrogens is 291 g/mol. The molecule has 1 aromatic carbocycles. The first kappa shape index (κ1) is 16.4. The number of hydrogen-bond acceptors (Lipinski definition) is 3. The van der Waals surface area contributed by atoms with Crippen LogP contribution in [0.5, 0.6) is 0 Å². The van der Waals surface area contributed by atoms with Crippen LogP contribution in [0.25, 0.3) is 0 Å². The van der Waals surface area contributed by atoms with E-state index in [0.717, 1.165) is 24.9 Å². The van der Waals surface area contributed by atoms with Gasteiger partial charge in [0.15, 0.2) is 0 Å². The van der Waals surface area contributed by atoms with Gasteiger partial charge in [0.05, 0.1) is 0 Å². The van der Waals surface area contributed by atoms with Crippen LogP contribution in [0.1, 0.15) is 32.3 Å². The number of benzene rings is 1. The third-order valence-corrected chi connectivity index (χ3v) is 5.87. The van der Waals surface area contributed by atoms with Gasteiger partial charge in [0.2, 0.25) is 10.0 Å². The van der Waals surface area contributed by atoms with Crippen molar-refractivity contribution in [3.8, 4) is 0 Å². The second-order valence-electron chi connectivity index (χ2n) is 5.90. The summed E-state index contributed by atoms with van der Waals surface area (Å²) < 4.78 is 41.0. The summed E-state index contributed by atoms with van der Waals surface area (Å²) in [6.45, 7) is 6.69. The molecule has 118 valence electrons. The van der Waals surface area contributed by atoms with E-state index in [-0.39, 0.29) is 17.0 Å². The first-order chi connectivity index (χ1) is 9.82. The summed E-state index contributed by atoms with van der Waals surface area (Å²) in [6, 6.07) is 4.14. The molecule has 1 heterocycles. The molecule has 0 aromatic heterocycles. The Bertz CT molecular complexity index is 596. The maximum atomic E-state index is 14.0. The van der Waals surface area contributed by atoms with E-state index in [4.69, 9.17) is 0 Å². The minimum atomic E-state index is -3.82. The lowest BCUT2D eigenvalue weighted by Crippen LogP contribution is -2.44. The highest BCUT2D eigenvalue weighted by molar-refractivity contribution is 7.89. The van der Waals surface area contributed by atoms with Crippen LogP contribution in [0, 0.1) is 12.7 Å². The van der Waals surface area contributed by atoms with Crippen LogP contribution in [-0.4, -0.2) is 37.9 Å². The number of hydrogen-bond donors (Lipinski definition) is 1. The molecule has 1 N–H and O–H groups in total. The molecule has 21 heavy (non-hydrogen) atoms. The van der Waals surface area contributed by atoms with Crippen molar-refractivity contribution in [3.63, 3.8) is 0 Å². The first-order valence-electron chi connectivity index (χ1n) is 7.33. The highest BCUT2D eigenvalue weighted by Crippen LogP contribution is 2.23. The molecule has 0 aliphatic carbocycles. The van der Waals surface area contributed by atoms with Gasteiger partial charge >= 0.3 is 0 Å². The van der Waals surface area contributed by atoms with E-state index in [1.54, 1.807) is 13.0 Å². The van der Waals surface area contributed by atoms with Gasteiger partial charge in [-0.1, -0.05) is 6.07 Å². The third kappa shape index (κ3) is 3.62. The van der Waals surface area contributed by atoms with E-state index in [0.29, 0.717) is 6.54 Å². The van der Waals surface area contributed by atoms with Gasteiger partial charge in [0.1, 0.15) is 10.7 Å². The summed E-state index contributed by atoms with van der Waals surface area (Å²) in [4.78, 5) is -0.228. The van der Waals surface area contributed by atoms with Gasteiger partial charge in [-0.3, -0.25) is 0 Å². The monoisotopic (exact) mass is 314 g/mol. The summed E-state index contributed by atoms with van der Waals surface area (Å²) in [5.41, 5.74) is 0.734. The maximum Gasteiger partial charge on any atom is 0.246 e. The number of nitrogens with zero attached hydrogens (tertiary/aromatic N) is 1. The second-order valence-corrected chi connectivity index (χ2v) is 7.75. The largest absolute Gasteiger partial charge is 0.313 e. The summed E-state index contributed by atoms with van der Waals surface area (Å²) in [7, 11) is -3.82. The van der Waals surface area contributed by atoms with Crippen molar-refractivity contribution in [2.75, 3.05) is 13.1 Å². The van der Waals surface area contributed by atoms with Gasteiger partial charge in [0, 0.05) is 18.6 Å². The van der Waals surface area contributed by atoms with E-state index in [9.17, 15) is 12.8 Å². The van der Waals surface area contributed by atoms with Crippen LogP contribution in [0.3, 0.4) is 0 Å². The second kappa shape index (κ2) is 6.42. The molecular formula is C15H23FN2O2S. The molecule has 6 heteroatoms. The molecule has 0 spiro atoms. The maximum absolute atomic E-state index is 14.0. The van der Waals surface area contributed by atoms with E-state index >= 15 is 0 Å². The SMILES string of the molecule is Cc1ccc(F)c(S(=O)(=O)N(CC2CCCN2)C(C)C)c1. The topological polar surface area (TPSA) is 49.4 Å². The van der Waals surface area contributed by atoms with Gasteiger partial charge < -0.3 is 5.32 Å². The van der Waals surface area contributed by atoms with Gasteiger partial charge in [-0.15, -0.1) is 0 Å². The van der Waals surface area contributed by atoms with Crippen molar-refractivity contribution in [3.05, 3.63) is 29.6 Å². The van der Waals surface area contributed by atoms with Gasteiger partial charge in [-0.2, -0.15) is 4.31 Å². The molecule has 1 unspecified atom stereocenters. The summed E-state index contributed by atoms with van der Waals surface area (Å²) >= 11 is 0. The normalized spacial score (nSPS) is 19.6. The Hall–Kier alpha value is -0.980. The number of aryl methyl sites for hydroxylation is 1. The summed E-state index contributed by atoms with van der Waals surface area (Å²) in [6.07, 6.45) is 2.00. The third-order valence-electron chi connectivity index (χ3n) is 3.81. The fourth-order valence-electron chi connectivity index (χ4n) is 2.65. The Balaban J connectivity index is 2.34. The average Bonchev–Trinajstić information content (AvgIpc) is 2.91. The number of halogens is 1. The zero-order valence-electron chi connectivity index (χ0n) is 12.8. The fourth-order valence-corrected chi connectivity index (χ4v) is 4.48. The lowest BCUT2D eigenvalue weighted by Gasteiger charge is -2.28. The lowest BCUT2D eigenvalue weighted by atomic mass is 10.2. The lowest BCUT2D eigenvalue weighted by molar-refractivity contribution is 0.321. The zero-order valence-corrected chi connectivity index (χ0v) is 13.6. The summed E-state index contributed by atoms with van der Waals surface area (Å²) in [5.74, 6) is -0.689. The van der Waals surface area contributed by atoms with Crippen LogP contribution in [0.4, 0.5) is 4.39 Å². The zero-order chi connectivity index (χ0) is 15.6. The van der Waals surface area contributed by atoms with E-state index in [2.05, 4.69) is 5.32 Å². The first-order valence-corrected chi connectivity index (χ1v) is 8.77. The van der Waals surface area contributed by atoms with Crippen molar-refractivity contribution in [2.24, 2.45) is 0 Å². The van der Waals surface area contributed by atoms with Crippen molar-refractivity contribution >= 4 is 10.0 Å². The Kier molecular flexibility index (Phi) is 5.01. The molecule has 1 aliphatic heterocycles. The number of nitrogens with one attached hydrogen (secondary N) is 1. The van der Waals surface area contributed by atoms with Crippen LogP contribution in [-0.2, 0) is 10.0 Å². The molecule has 1 saturated heterocycles. The van der Waals surface area contributed by atoms with Crippen molar-refractivity contribution < 1.29 is 12.8 Å².